The van der Waals surface area contributed by atoms with Crippen LogP contribution in [0, 0.1) is 5.92 Å². The van der Waals surface area contributed by atoms with E-state index < -0.39 is 11.7 Å². The van der Waals surface area contributed by atoms with Crippen molar-refractivity contribution in [1.82, 2.24) is 16.0 Å². The molecule has 2 atom stereocenters. The van der Waals surface area contributed by atoms with Gasteiger partial charge in [-0.1, -0.05) is 12.8 Å². The predicted molar refractivity (Wildman–Crippen MR) is 89.3 cm³/mol. The van der Waals surface area contributed by atoms with Crippen molar-refractivity contribution in [3.8, 4) is 0 Å². The minimum Gasteiger partial charge on any atom is -0.444 e. The summed E-state index contributed by atoms with van der Waals surface area (Å²) in [5, 5.41) is 8.45. The highest BCUT2D eigenvalue weighted by Gasteiger charge is 2.31. The Morgan fingerprint density at radius 2 is 1.54 bits per heavy atom. The summed E-state index contributed by atoms with van der Waals surface area (Å²) in [5.74, 6) is -0.168. The van der Waals surface area contributed by atoms with E-state index >= 15 is 0 Å². The molecular formula is C17H29N3O4. The second-order valence-corrected chi connectivity index (χ2v) is 7.70. The lowest BCUT2D eigenvalue weighted by Gasteiger charge is -2.33. The topological polar surface area (TPSA) is 96.5 Å². The summed E-state index contributed by atoms with van der Waals surface area (Å²) in [4.78, 5) is 35.6. The van der Waals surface area contributed by atoms with E-state index in [0.29, 0.717) is 0 Å². The van der Waals surface area contributed by atoms with Gasteiger partial charge in [0.05, 0.1) is 12.6 Å². The van der Waals surface area contributed by atoms with Gasteiger partial charge in [-0.2, -0.15) is 0 Å². The summed E-state index contributed by atoms with van der Waals surface area (Å²) in [7, 11) is 0. The number of rotatable bonds is 5. The predicted octanol–water partition coefficient (Wildman–Crippen LogP) is 1.46. The van der Waals surface area contributed by atoms with Gasteiger partial charge >= 0.3 is 6.09 Å². The van der Waals surface area contributed by atoms with E-state index in [4.69, 9.17) is 4.74 Å². The lowest BCUT2D eigenvalue weighted by molar-refractivity contribution is -0.127. The van der Waals surface area contributed by atoms with Crippen molar-refractivity contribution < 1.29 is 19.1 Å². The highest BCUT2D eigenvalue weighted by atomic mass is 16.6. The van der Waals surface area contributed by atoms with Crippen LogP contribution in [0.1, 0.15) is 59.3 Å². The molecule has 0 saturated heterocycles. The molecule has 0 aromatic rings. The highest BCUT2D eigenvalue weighted by Crippen LogP contribution is 2.28. The SMILES string of the molecule is CC(C)(C)OC(=O)NC1CCCCC1NC(=O)CNC(=O)C1CC1. The molecule has 136 valence electrons. The van der Waals surface area contributed by atoms with E-state index in [-0.39, 0.29) is 36.4 Å². The van der Waals surface area contributed by atoms with Crippen LogP contribution in [-0.4, -0.2) is 42.1 Å². The van der Waals surface area contributed by atoms with Gasteiger partial charge in [0.15, 0.2) is 0 Å². The minimum absolute atomic E-state index is 0.00894. The molecule has 7 heteroatoms. The van der Waals surface area contributed by atoms with Crippen LogP contribution in [0.5, 0.6) is 0 Å². The van der Waals surface area contributed by atoms with Crippen LogP contribution in [0.25, 0.3) is 0 Å². The van der Waals surface area contributed by atoms with E-state index in [0.717, 1.165) is 38.5 Å². The molecule has 3 N–H and O–H groups in total. The Morgan fingerprint density at radius 1 is 0.958 bits per heavy atom. The van der Waals surface area contributed by atoms with Gasteiger partial charge in [-0.3, -0.25) is 9.59 Å². The maximum Gasteiger partial charge on any atom is 0.407 e. The Bertz CT molecular complexity index is 483. The van der Waals surface area contributed by atoms with Gasteiger partial charge in [0, 0.05) is 12.0 Å². The molecule has 0 bridgehead atoms. The van der Waals surface area contributed by atoms with E-state index in [9.17, 15) is 14.4 Å². The molecule has 2 fully saturated rings. The van der Waals surface area contributed by atoms with Crippen LogP contribution >= 0.6 is 0 Å². The first-order chi connectivity index (χ1) is 11.2. The van der Waals surface area contributed by atoms with Gasteiger partial charge in [0.25, 0.3) is 0 Å². The second-order valence-electron chi connectivity index (χ2n) is 7.70. The maximum absolute atomic E-state index is 12.0. The first-order valence-electron chi connectivity index (χ1n) is 8.81. The summed E-state index contributed by atoms with van der Waals surface area (Å²) < 4.78 is 5.29. The fourth-order valence-electron chi connectivity index (χ4n) is 2.85. The molecular weight excluding hydrogens is 310 g/mol. The molecule has 7 nitrogen and oxygen atoms in total. The number of ether oxygens (including phenoxy) is 1. The number of hydrogen-bond acceptors (Lipinski definition) is 4. The molecule has 0 aromatic heterocycles. The second kappa shape index (κ2) is 7.85. The van der Waals surface area contributed by atoms with E-state index in [1.807, 2.05) is 20.8 Å². The summed E-state index contributed by atoms with van der Waals surface area (Å²) in [6, 6.07) is -0.270. The number of hydrogen-bond donors (Lipinski definition) is 3. The van der Waals surface area contributed by atoms with Crippen LogP contribution in [0.15, 0.2) is 0 Å². The van der Waals surface area contributed by atoms with Crippen molar-refractivity contribution in [3.05, 3.63) is 0 Å². The molecule has 0 aliphatic heterocycles. The first-order valence-corrected chi connectivity index (χ1v) is 8.81. The monoisotopic (exact) mass is 339 g/mol. The molecule has 3 amide bonds. The van der Waals surface area contributed by atoms with E-state index in [2.05, 4.69) is 16.0 Å². The Hall–Kier alpha value is -1.79. The maximum atomic E-state index is 12.0. The van der Waals surface area contributed by atoms with Gasteiger partial charge < -0.3 is 20.7 Å². The highest BCUT2D eigenvalue weighted by molar-refractivity contribution is 5.87. The molecule has 2 aliphatic carbocycles. The number of alkyl carbamates (subject to hydrolysis) is 1. The zero-order valence-electron chi connectivity index (χ0n) is 14.8. The van der Waals surface area contributed by atoms with E-state index in [1.54, 1.807) is 0 Å². The Morgan fingerprint density at radius 3 is 2.08 bits per heavy atom. The van der Waals surface area contributed by atoms with Crippen LogP contribution in [0.2, 0.25) is 0 Å². The lowest BCUT2D eigenvalue weighted by atomic mass is 9.90. The fourth-order valence-corrected chi connectivity index (χ4v) is 2.85. The van der Waals surface area contributed by atoms with Crippen molar-refractivity contribution in [1.29, 1.82) is 0 Å². The zero-order chi connectivity index (χ0) is 17.7. The Labute approximate surface area is 143 Å². The Kier molecular flexibility index (Phi) is 6.07. The number of carbonyl (C=O) groups is 3. The van der Waals surface area contributed by atoms with Crippen molar-refractivity contribution in [2.24, 2.45) is 5.92 Å². The van der Waals surface area contributed by atoms with Crippen LogP contribution < -0.4 is 16.0 Å². The molecule has 2 unspecified atom stereocenters. The molecule has 2 rings (SSSR count). The Balaban J connectivity index is 1.78. The minimum atomic E-state index is -0.551. The largest absolute Gasteiger partial charge is 0.444 e. The van der Waals surface area contributed by atoms with Gasteiger partial charge in [0.1, 0.15) is 5.60 Å². The van der Waals surface area contributed by atoms with Crippen molar-refractivity contribution in [2.45, 2.75) is 77.0 Å². The molecule has 0 heterocycles. The van der Waals surface area contributed by atoms with Crippen LogP contribution in [0.4, 0.5) is 4.79 Å². The van der Waals surface area contributed by atoms with Crippen molar-refractivity contribution in [2.75, 3.05) is 6.54 Å². The van der Waals surface area contributed by atoms with Gasteiger partial charge in [-0.25, -0.2) is 4.79 Å². The first kappa shape index (κ1) is 18.5. The average Bonchev–Trinajstić information content (AvgIpc) is 3.29. The van der Waals surface area contributed by atoms with Crippen molar-refractivity contribution in [3.63, 3.8) is 0 Å². The molecule has 2 saturated carbocycles. The number of carbonyl (C=O) groups excluding carboxylic acids is 3. The zero-order valence-corrected chi connectivity index (χ0v) is 14.8. The van der Waals surface area contributed by atoms with Gasteiger partial charge in [0.2, 0.25) is 11.8 Å². The third-order valence-corrected chi connectivity index (χ3v) is 4.19. The van der Waals surface area contributed by atoms with Gasteiger partial charge in [-0.15, -0.1) is 0 Å². The molecule has 24 heavy (non-hydrogen) atoms. The van der Waals surface area contributed by atoms with Crippen LogP contribution in [-0.2, 0) is 14.3 Å². The third kappa shape index (κ3) is 6.37. The molecule has 0 spiro atoms. The standard InChI is InChI=1S/C17H29N3O4/c1-17(2,3)24-16(23)20-13-7-5-4-6-12(13)19-14(21)10-18-15(22)11-8-9-11/h11-13H,4-10H2,1-3H3,(H,18,22)(H,19,21)(H,20,23). The van der Waals surface area contributed by atoms with E-state index in [1.165, 1.54) is 0 Å². The normalized spacial score (nSPS) is 24.0. The third-order valence-electron chi connectivity index (χ3n) is 4.19. The fraction of sp³-hybridized carbons (Fsp3) is 0.824. The quantitative estimate of drug-likeness (QED) is 0.706. The number of amides is 3. The van der Waals surface area contributed by atoms with Crippen molar-refractivity contribution >= 4 is 17.9 Å². The summed E-state index contributed by atoms with van der Waals surface area (Å²) in [6.45, 7) is 5.44. The summed E-state index contributed by atoms with van der Waals surface area (Å²) in [6.07, 6.45) is 4.99. The van der Waals surface area contributed by atoms with Gasteiger partial charge in [-0.05, 0) is 46.5 Å². The molecule has 0 radical (unpaired) electrons. The molecule has 0 aromatic carbocycles. The smallest absolute Gasteiger partial charge is 0.407 e. The summed E-state index contributed by atoms with van der Waals surface area (Å²) >= 11 is 0. The van der Waals surface area contributed by atoms with Crippen LogP contribution in [0.3, 0.4) is 0 Å². The summed E-state index contributed by atoms with van der Waals surface area (Å²) in [5.41, 5.74) is -0.551. The molecule has 2 aliphatic rings. The number of nitrogens with one attached hydrogen (secondary N) is 3. The lowest BCUT2D eigenvalue weighted by Crippen LogP contribution is -2.55. The average molecular weight is 339 g/mol.